The van der Waals surface area contributed by atoms with E-state index in [9.17, 15) is 4.79 Å². The van der Waals surface area contributed by atoms with Gasteiger partial charge in [-0.2, -0.15) is 5.10 Å². The number of rotatable bonds is 6. The highest BCUT2D eigenvalue weighted by atomic mass is 16.1. The van der Waals surface area contributed by atoms with Gasteiger partial charge in [0.1, 0.15) is 0 Å². The number of hydrogen-bond acceptors (Lipinski definition) is 4. The highest BCUT2D eigenvalue weighted by Crippen LogP contribution is 2.16. The van der Waals surface area contributed by atoms with Gasteiger partial charge in [0.25, 0.3) is 0 Å². The van der Waals surface area contributed by atoms with Gasteiger partial charge in [-0.15, -0.1) is 0 Å². The fourth-order valence-corrected chi connectivity index (χ4v) is 1.78. The van der Waals surface area contributed by atoms with Gasteiger partial charge in [-0.25, -0.2) is 9.67 Å². The Kier molecular flexibility index (Phi) is 4.84. The molecule has 0 aliphatic rings. The topological polar surface area (TPSA) is 71.8 Å². The molecule has 20 heavy (non-hydrogen) atoms. The predicted molar refractivity (Wildman–Crippen MR) is 77.7 cm³/mol. The van der Waals surface area contributed by atoms with Crippen LogP contribution in [0.2, 0.25) is 0 Å². The van der Waals surface area contributed by atoms with Gasteiger partial charge >= 0.3 is 0 Å². The van der Waals surface area contributed by atoms with Crippen molar-refractivity contribution in [3.8, 4) is 5.82 Å². The SMILES string of the molecule is CCNCC(C)C(=O)Nc1cccnc1-n1cccn1. The Morgan fingerprint density at radius 2 is 2.25 bits per heavy atom. The number of pyridine rings is 1. The van der Waals surface area contributed by atoms with Crippen LogP contribution in [-0.4, -0.2) is 33.8 Å². The molecule has 1 amide bonds. The van der Waals surface area contributed by atoms with E-state index >= 15 is 0 Å². The number of carbonyl (C=O) groups excluding carboxylic acids is 1. The van der Waals surface area contributed by atoms with E-state index in [1.54, 1.807) is 29.3 Å². The van der Waals surface area contributed by atoms with E-state index in [1.165, 1.54) is 0 Å². The van der Waals surface area contributed by atoms with Gasteiger partial charge in [-0.1, -0.05) is 13.8 Å². The van der Waals surface area contributed by atoms with Gasteiger partial charge in [0.15, 0.2) is 5.82 Å². The molecule has 0 radical (unpaired) electrons. The van der Waals surface area contributed by atoms with E-state index in [4.69, 9.17) is 0 Å². The largest absolute Gasteiger partial charge is 0.323 e. The minimum absolute atomic E-state index is 0.0349. The molecule has 0 spiro atoms. The first-order valence-electron chi connectivity index (χ1n) is 6.69. The Labute approximate surface area is 118 Å². The van der Waals surface area contributed by atoms with E-state index in [0.717, 1.165) is 6.54 Å². The predicted octanol–water partition coefficient (Wildman–Crippen LogP) is 1.45. The molecule has 106 valence electrons. The van der Waals surface area contributed by atoms with Crippen LogP contribution in [0.5, 0.6) is 0 Å². The number of anilines is 1. The van der Waals surface area contributed by atoms with Crippen molar-refractivity contribution in [3.63, 3.8) is 0 Å². The molecular weight excluding hydrogens is 254 g/mol. The van der Waals surface area contributed by atoms with Crippen molar-refractivity contribution in [3.05, 3.63) is 36.8 Å². The maximum atomic E-state index is 12.1. The van der Waals surface area contributed by atoms with Crippen molar-refractivity contribution < 1.29 is 4.79 Å². The van der Waals surface area contributed by atoms with Gasteiger partial charge in [0, 0.05) is 31.1 Å². The van der Waals surface area contributed by atoms with Crippen molar-refractivity contribution in [2.75, 3.05) is 18.4 Å². The zero-order valence-corrected chi connectivity index (χ0v) is 11.7. The molecule has 0 saturated carbocycles. The highest BCUT2D eigenvalue weighted by molar-refractivity contribution is 5.93. The molecule has 2 heterocycles. The third-order valence-electron chi connectivity index (χ3n) is 2.91. The molecular formula is C14H19N5O. The summed E-state index contributed by atoms with van der Waals surface area (Å²) < 4.78 is 1.63. The lowest BCUT2D eigenvalue weighted by atomic mass is 10.1. The smallest absolute Gasteiger partial charge is 0.228 e. The van der Waals surface area contributed by atoms with E-state index in [-0.39, 0.29) is 11.8 Å². The molecule has 0 fully saturated rings. The lowest BCUT2D eigenvalue weighted by molar-refractivity contribution is -0.119. The highest BCUT2D eigenvalue weighted by Gasteiger charge is 2.15. The molecule has 1 atom stereocenters. The summed E-state index contributed by atoms with van der Waals surface area (Å²) in [4.78, 5) is 16.4. The third kappa shape index (κ3) is 3.42. The second-order valence-corrected chi connectivity index (χ2v) is 4.52. The summed E-state index contributed by atoms with van der Waals surface area (Å²) in [6, 6.07) is 5.42. The number of carbonyl (C=O) groups is 1. The van der Waals surface area contributed by atoms with Crippen LogP contribution in [0.25, 0.3) is 5.82 Å². The Morgan fingerprint density at radius 1 is 1.40 bits per heavy atom. The number of nitrogens with zero attached hydrogens (tertiary/aromatic N) is 3. The number of aromatic nitrogens is 3. The van der Waals surface area contributed by atoms with Crippen LogP contribution >= 0.6 is 0 Å². The van der Waals surface area contributed by atoms with Crippen LogP contribution in [0.3, 0.4) is 0 Å². The summed E-state index contributed by atoms with van der Waals surface area (Å²) in [7, 11) is 0. The van der Waals surface area contributed by atoms with E-state index in [2.05, 4.69) is 20.7 Å². The quantitative estimate of drug-likeness (QED) is 0.835. The molecule has 2 rings (SSSR count). The lowest BCUT2D eigenvalue weighted by Gasteiger charge is -2.14. The Morgan fingerprint density at radius 3 is 2.95 bits per heavy atom. The molecule has 2 N–H and O–H groups in total. The molecule has 6 nitrogen and oxygen atoms in total. The van der Waals surface area contributed by atoms with Crippen molar-refractivity contribution >= 4 is 11.6 Å². The summed E-state index contributed by atoms with van der Waals surface area (Å²) in [5, 5.41) is 10.2. The minimum Gasteiger partial charge on any atom is -0.323 e. The van der Waals surface area contributed by atoms with Gasteiger partial charge < -0.3 is 10.6 Å². The van der Waals surface area contributed by atoms with Crippen LogP contribution in [0.1, 0.15) is 13.8 Å². The summed E-state index contributed by atoms with van der Waals surface area (Å²) in [6.45, 7) is 5.41. The van der Waals surface area contributed by atoms with Crippen molar-refractivity contribution in [2.24, 2.45) is 5.92 Å². The summed E-state index contributed by atoms with van der Waals surface area (Å²) in [5.74, 6) is 0.467. The number of amides is 1. The first-order valence-corrected chi connectivity index (χ1v) is 6.69. The fourth-order valence-electron chi connectivity index (χ4n) is 1.78. The molecule has 0 aliphatic carbocycles. The molecule has 0 saturated heterocycles. The van der Waals surface area contributed by atoms with Crippen LogP contribution in [0, 0.1) is 5.92 Å². The van der Waals surface area contributed by atoms with Crippen LogP contribution < -0.4 is 10.6 Å². The average molecular weight is 273 g/mol. The fraction of sp³-hybridized carbons (Fsp3) is 0.357. The zero-order valence-electron chi connectivity index (χ0n) is 11.7. The summed E-state index contributed by atoms with van der Waals surface area (Å²) in [5.41, 5.74) is 0.657. The van der Waals surface area contributed by atoms with E-state index < -0.39 is 0 Å². The van der Waals surface area contributed by atoms with Gasteiger partial charge in [-0.3, -0.25) is 4.79 Å². The Bertz CT molecular complexity index is 552. The molecule has 0 bridgehead atoms. The normalized spacial score (nSPS) is 12.1. The van der Waals surface area contributed by atoms with E-state index in [0.29, 0.717) is 18.1 Å². The van der Waals surface area contributed by atoms with Crippen LogP contribution in [-0.2, 0) is 4.79 Å². The maximum absolute atomic E-state index is 12.1. The molecule has 2 aromatic rings. The van der Waals surface area contributed by atoms with Crippen molar-refractivity contribution in [2.45, 2.75) is 13.8 Å². The molecule has 6 heteroatoms. The Hall–Kier alpha value is -2.21. The molecule has 0 aromatic carbocycles. The second kappa shape index (κ2) is 6.81. The zero-order chi connectivity index (χ0) is 14.4. The van der Waals surface area contributed by atoms with Crippen LogP contribution in [0.4, 0.5) is 5.69 Å². The molecule has 0 aliphatic heterocycles. The van der Waals surface area contributed by atoms with E-state index in [1.807, 2.05) is 26.0 Å². The summed E-state index contributed by atoms with van der Waals surface area (Å²) >= 11 is 0. The van der Waals surface area contributed by atoms with Crippen LogP contribution in [0.15, 0.2) is 36.8 Å². The van der Waals surface area contributed by atoms with Crippen molar-refractivity contribution in [1.82, 2.24) is 20.1 Å². The first kappa shape index (κ1) is 14.2. The third-order valence-corrected chi connectivity index (χ3v) is 2.91. The second-order valence-electron chi connectivity index (χ2n) is 4.52. The average Bonchev–Trinajstić information content (AvgIpc) is 2.99. The molecule has 2 aromatic heterocycles. The molecule has 1 unspecified atom stereocenters. The minimum atomic E-state index is -0.111. The number of hydrogen-bond donors (Lipinski definition) is 2. The standard InChI is InChI=1S/C14H19N5O/c1-3-15-10-11(2)14(20)18-12-6-4-7-16-13(12)19-9-5-8-17-19/h4-9,11,15H,3,10H2,1-2H3,(H,18,20). The van der Waals surface area contributed by atoms with Crippen molar-refractivity contribution in [1.29, 1.82) is 0 Å². The summed E-state index contributed by atoms with van der Waals surface area (Å²) in [6.07, 6.45) is 5.14. The first-order chi connectivity index (χ1) is 9.72. The van der Waals surface area contributed by atoms with Gasteiger partial charge in [0.2, 0.25) is 5.91 Å². The van der Waals surface area contributed by atoms with Gasteiger partial charge in [0.05, 0.1) is 5.69 Å². The lowest BCUT2D eigenvalue weighted by Crippen LogP contribution is -2.30. The number of nitrogens with one attached hydrogen (secondary N) is 2. The monoisotopic (exact) mass is 273 g/mol. The van der Waals surface area contributed by atoms with Gasteiger partial charge in [-0.05, 0) is 24.7 Å². The Balaban J connectivity index is 2.12. The maximum Gasteiger partial charge on any atom is 0.228 e.